The lowest BCUT2D eigenvalue weighted by Crippen LogP contribution is -2.46. The van der Waals surface area contributed by atoms with E-state index >= 15 is 0 Å². The van der Waals surface area contributed by atoms with Crippen LogP contribution in [0, 0.1) is 5.41 Å². The van der Waals surface area contributed by atoms with Crippen molar-refractivity contribution in [2.24, 2.45) is 5.41 Å². The molecule has 0 aliphatic carbocycles. The summed E-state index contributed by atoms with van der Waals surface area (Å²) in [7, 11) is 0. The molecule has 2 N–H and O–H groups in total. The molecule has 0 saturated heterocycles. The lowest BCUT2D eigenvalue weighted by Gasteiger charge is -2.34. The van der Waals surface area contributed by atoms with Gasteiger partial charge in [0.15, 0.2) is 0 Å². The fourth-order valence-electron chi connectivity index (χ4n) is 2.81. The van der Waals surface area contributed by atoms with E-state index < -0.39 is 6.10 Å². The normalized spacial score (nSPS) is 13.8. The second-order valence-electron chi connectivity index (χ2n) is 8.03. The topological polar surface area (TPSA) is 50.7 Å². The molecule has 24 heavy (non-hydrogen) atoms. The van der Waals surface area contributed by atoms with Gasteiger partial charge in [0.2, 0.25) is 0 Å². The molecule has 0 spiro atoms. The van der Waals surface area contributed by atoms with Crippen LogP contribution in [0.4, 0.5) is 0 Å². The summed E-state index contributed by atoms with van der Waals surface area (Å²) < 4.78 is 12.1. The predicted molar refractivity (Wildman–Crippen MR) is 103 cm³/mol. The van der Waals surface area contributed by atoms with Gasteiger partial charge in [0.1, 0.15) is 12.4 Å². The summed E-state index contributed by atoms with van der Waals surface area (Å²) in [6, 6.07) is 7.68. The first kappa shape index (κ1) is 21.4. The summed E-state index contributed by atoms with van der Waals surface area (Å²) in [4.78, 5) is 0. The molecule has 0 amide bonds. The highest BCUT2D eigenvalue weighted by molar-refractivity contribution is 9.10. The van der Waals surface area contributed by atoms with Gasteiger partial charge in [-0.25, -0.2) is 0 Å². The number of benzene rings is 1. The third-order valence-electron chi connectivity index (χ3n) is 3.41. The van der Waals surface area contributed by atoms with Crippen molar-refractivity contribution in [3.63, 3.8) is 0 Å². The van der Waals surface area contributed by atoms with Crippen LogP contribution in [0.15, 0.2) is 28.7 Å². The van der Waals surface area contributed by atoms with E-state index in [2.05, 4.69) is 55.9 Å². The maximum atomic E-state index is 10.0. The number of hydrogen-bond donors (Lipinski definition) is 2. The van der Waals surface area contributed by atoms with E-state index in [1.54, 1.807) is 0 Å². The Balaban J connectivity index is 2.13. The Labute approximate surface area is 155 Å². The molecule has 0 aliphatic rings. The number of aliphatic hydroxyl groups excluding tert-OH is 1. The zero-order chi connectivity index (χ0) is 18.2. The van der Waals surface area contributed by atoms with Crippen molar-refractivity contribution in [3.8, 4) is 5.75 Å². The van der Waals surface area contributed by atoms with Crippen LogP contribution in [0.3, 0.4) is 0 Å². The van der Waals surface area contributed by atoms with Crippen LogP contribution < -0.4 is 10.1 Å². The van der Waals surface area contributed by atoms with Crippen LogP contribution in [-0.4, -0.2) is 43.1 Å². The molecular formula is C19H32BrNO3. The first-order chi connectivity index (χ1) is 11.1. The lowest BCUT2D eigenvalue weighted by molar-refractivity contribution is 0.0211. The highest BCUT2D eigenvalue weighted by Crippen LogP contribution is 2.26. The smallest absolute Gasteiger partial charge is 0.119 e. The fourth-order valence-corrected chi connectivity index (χ4v) is 3.07. The minimum absolute atomic E-state index is 0.01000. The number of β-amino-alcohol motifs (C(OH)–C–C–N with tert-alkyl or cyclic N) is 1. The Kier molecular flexibility index (Phi) is 8.71. The van der Waals surface area contributed by atoms with Crippen LogP contribution in [-0.2, 0) is 4.74 Å². The zero-order valence-corrected chi connectivity index (χ0v) is 17.1. The maximum absolute atomic E-state index is 10.0. The van der Waals surface area contributed by atoms with Gasteiger partial charge in [-0.3, -0.25) is 0 Å². The second-order valence-corrected chi connectivity index (χ2v) is 8.95. The number of rotatable bonds is 10. The number of hydrogen-bond acceptors (Lipinski definition) is 4. The molecule has 0 heterocycles. The number of aliphatic hydroxyl groups is 1. The second kappa shape index (κ2) is 9.76. The van der Waals surface area contributed by atoms with E-state index in [0.29, 0.717) is 26.4 Å². The molecule has 1 rings (SSSR count). The SMILES string of the molecule is CC(C)(C)CC(C)(C)NC[C@@H](O)COCCOc1ccc(Br)cc1. The summed E-state index contributed by atoms with van der Waals surface area (Å²) >= 11 is 3.38. The van der Waals surface area contributed by atoms with E-state index in [1.165, 1.54) is 0 Å². The molecule has 1 atom stereocenters. The molecule has 0 saturated carbocycles. The number of nitrogens with one attached hydrogen (secondary N) is 1. The van der Waals surface area contributed by atoms with Gasteiger partial charge in [0.05, 0.1) is 19.3 Å². The van der Waals surface area contributed by atoms with Gasteiger partial charge >= 0.3 is 0 Å². The molecule has 0 fully saturated rings. The van der Waals surface area contributed by atoms with Crippen molar-refractivity contribution in [1.82, 2.24) is 5.32 Å². The molecule has 0 aromatic heterocycles. The third kappa shape index (κ3) is 10.3. The quantitative estimate of drug-likeness (QED) is 0.581. The van der Waals surface area contributed by atoms with E-state index in [0.717, 1.165) is 16.6 Å². The Bertz CT molecular complexity index is 468. The Morgan fingerprint density at radius 3 is 2.29 bits per heavy atom. The third-order valence-corrected chi connectivity index (χ3v) is 3.94. The molecule has 138 valence electrons. The minimum Gasteiger partial charge on any atom is -0.491 e. The molecule has 4 nitrogen and oxygen atoms in total. The van der Waals surface area contributed by atoms with E-state index in [1.807, 2.05) is 24.3 Å². The maximum Gasteiger partial charge on any atom is 0.119 e. The van der Waals surface area contributed by atoms with Crippen LogP contribution in [0.5, 0.6) is 5.75 Å². The van der Waals surface area contributed by atoms with Crippen molar-refractivity contribution in [2.45, 2.75) is 52.7 Å². The van der Waals surface area contributed by atoms with Crippen molar-refractivity contribution in [3.05, 3.63) is 28.7 Å². The molecule has 1 aromatic carbocycles. The van der Waals surface area contributed by atoms with Gasteiger partial charge in [-0.2, -0.15) is 0 Å². The minimum atomic E-state index is -0.517. The van der Waals surface area contributed by atoms with Crippen molar-refractivity contribution in [1.29, 1.82) is 0 Å². The number of ether oxygens (including phenoxy) is 2. The Hall–Kier alpha value is -0.620. The van der Waals surface area contributed by atoms with Gasteiger partial charge in [0.25, 0.3) is 0 Å². The zero-order valence-electron chi connectivity index (χ0n) is 15.6. The van der Waals surface area contributed by atoms with Crippen LogP contribution >= 0.6 is 15.9 Å². The molecule has 0 unspecified atom stereocenters. The van der Waals surface area contributed by atoms with Gasteiger partial charge in [-0.1, -0.05) is 36.7 Å². The van der Waals surface area contributed by atoms with Crippen molar-refractivity contribution < 1.29 is 14.6 Å². The first-order valence-electron chi connectivity index (χ1n) is 8.47. The lowest BCUT2D eigenvalue weighted by atomic mass is 9.82. The molecule has 0 bridgehead atoms. The Morgan fingerprint density at radius 1 is 1.08 bits per heavy atom. The summed E-state index contributed by atoms with van der Waals surface area (Å²) in [5.41, 5.74) is 0.242. The van der Waals surface area contributed by atoms with Gasteiger partial charge < -0.3 is 19.9 Å². The standard InChI is InChI=1S/C19H32BrNO3/c1-18(2,3)14-19(4,5)21-12-16(22)13-23-10-11-24-17-8-6-15(20)7-9-17/h6-9,16,21-22H,10-14H2,1-5H3/t16-/m1/s1. The predicted octanol–water partition coefficient (Wildman–Crippen LogP) is 4.01. The molecular weight excluding hydrogens is 370 g/mol. The monoisotopic (exact) mass is 401 g/mol. The number of halogens is 1. The summed E-state index contributed by atoms with van der Waals surface area (Å²) in [5.74, 6) is 0.813. The molecule has 5 heteroatoms. The van der Waals surface area contributed by atoms with E-state index in [9.17, 15) is 5.11 Å². The van der Waals surface area contributed by atoms with Gasteiger partial charge in [0, 0.05) is 16.6 Å². The highest BCUT2D eigenvalue weighted by atomic mass is 79.9. The fraction of sp³-hybridized carbons (Fsp3) is 0.684. The molecule has 0 radical (unpaired) electrons. The summed E-state index contributed by atoms with van der Waals surface area (Å²) in [5, 5.41) is 13.4. The van der Waals surface area contributed by atoms with Gasteiger partial charge in [-0.05, 0) is 49.9 Å². The largest absolute Gasteiger partial charge is 0.491 e. The average molecular weight is 402 g/mol. The summed E-state index contributed by atoms with van der Waals surface area (Å²) in [6.45, 7) is 12.8. The highest BCUT2D eigenvalue weighted by Gasteiger charge is 2.25. The van der Waals surface area contributed by atoms with Gasteiger partial charge in [-0.15, -0.1) is 0 Å². The van der Waals surface area contributed by atoms with E-state index in [4.69, 9.17) is 9.47 Å². The van der Waals surface area contributed by atoms with E-state index in [-0.39, 0.29) is 11.0 Å². The van der Waals surface area contributed by atoms with Crippen LogP contribution in [0.1, 0.15) is 41.0 Å². The molecule has 1 aromatic rings. The van der Waals surface area contributed by atoms with Crippen molar-refractivity contribution >= 4 is 15.9 Å². The van der Waals surface area contributed by atoms with Crippen molar-refractivity contribution in [2.75, 3.05) is 26.4 Å². The first-order valence-corrected chi connectivity index (χ1v) is 9.26. The Morgan fingerprint density at radius 2 is 1.71 bits per heavy atom. The molecule has 0 aliphatic heterocycles. The summed E-state index contributed by atoms with van der Waals surface area (Å²) in [6.07, 6.45) is 0.520. The van der Waals surface area contributed by atoms with Crippen LogP contribution in [0.25, 0.3) is 0 Å². The van der Waals surface area contributed by atoms with Crippen LogP contribution in [0.2, 0.25) is 0 Å². The average Bonchev–Trinajstić information content (AvgIpc) is 2.44.